The molecule has 6 heteroatoms. The van der Waals surface area contributed by atoms with E-state index >= 15 is 0 Å². The van der Waals surface area contributed by atoms with Gasteiger partial charge in [0.15, 0.2) is 6.10 Å². The van der Waals surface area contributed by atoms with Gasteiger partial charge in [-0.2, -0.15) is 0 Å². The zero-order chi connectivity index (χ0) is 13.9. The highest BCUT2D eigenvalue weighted by Crippen LogP contribution is 2.25. The molecule has 0 bridgehead atoms. The highest BCUT2D eigenvalue weighted by molar-refractivity contribution is 5.76. The van der Waals surface area contributed by atoms with Crippen LogP contribution < -0.4 is 5.32 Å². The van der Waals surface area contributed by atoms with Crippen molar-refractivity contribution in [3.8, 4) is 0 Å². The van der Waals surface area contributed by atoms with E-state index in [1.807, 2.05) is 13.8 Å². The van der Waals surface area contributed by atoms with E-state index in [-0.39, 0.29) is 30.3 Å². The Morgan fingerprint density at radius 1 is 1.22 bits per heavy atom. The number of hydrogen-bond acceptors (Lipinski definition) is 5. The molecule has 0 aliphatic carbocycles. The Kier molecular flexibility index (Phi) is 5.10. The molecule has 2 N–H and O–H groups in total. The molecule has 1 saturated heterocycles. The van der Waals surface area contributed by atoms with Crippen LogP contribution >= 0.6 is 0 Å². The zero-order valence-electron chi connectivity index (χ0n) is 11.5. The first-order valence-corrected chi connectivity index (χ1v) is 6.04. The van der Waals surface area contributed by atoms with E-state index in [2.05, 4.69) is 5.32 Å². The first-order chi connectivity index (χ1) is 8.36. The third-order valence-corrected chi connectivity index (χ3v) is 3.03. The van der Waals surface area contributed by atoms with Gasteiger partial charge in [-0.1, -0.05) is 0 Å². The number of methoxy groups -OCH3 is 1. The van der Waals surface area contributed by atoms with Crippen LogP contribution in [0.2, 0.25) is 0 Å². The molecule has 0 spiro atoms. The molecule has 0 aromatic carbocycles. The van der Waals surface area contributed by atoms with Gasteiger partial charge in [0.2, 0.25) is 0 Å². The summed E-state index contributed by atoms with van der Waals surface area (Å²) in [4.78, 5) is 11.2. The van der Waals surface area contributed by atoms with Crippen LogP contribution in [0.3, 0.4) is 0 Å². The van der Waals surface area contributed by atoms with E-state index in [4.69, 9.17) is 19.6 Å². The molecular weight excluding hydrogens is 236 g/mol. The summed E-state index contributed by atoms with van der Waals surface area (Å²) in [5, 5.41) is 10.5. The van der Waals surface area contributed by atoms with Gasteiger partial charge >= 0.3 is 5.97 Å². The normalized spacial score (nSPS) is 35.9. The predicted octanol–water partition coefficient (Wildman–Crippen LogP) is 0.696. The summed E-state index contributed by atoms with van der Waals surface area (Å²) in [6.07, 6.45) is -1.15. The van der Waals surface area contributed by atoms with Gasteiger partial charge in [0.05, 0.1) is 24.1 Å². The average Bonchev–Trinajstić information content (AvgIpc) is 2.23. The minimum Gasteiger partial charge on any atom is -0.457 e. The molecule has 2 unspecified atom stereocenters. The van der Waals surface area contributed by atoms with Crippen molar-refractivity contribution in [1.82, 2.24) is 5.32 Å². The maximum Gasteiger partial charge on any atom is 0.303 e. The van der Waals surface area contributed by atoms with Crippen molar-refractivity contribution in [3.05, 3.63) is 0 Å². The van der Waals surface area contributed by atoms with Crippen LogP contribution in [0.25, 0.3) is 0 Å². The Morgan fingerprint density at radius 2 is 1.83 bits per heavy atom. The number of rotatable bonds is 3. The van der Waals surface area contributed by atoms with Gasteiger partial charge in [0, 0.05) is 14.0 Å². The molecule has 1 rings (SSSR count). The summed E-state index contributed by atoms with van der Waals surface area (Å²) >= 11 is 0. The second kappa shape index (κ2) is 6.15. The fraction of sp³-hybridized carbons (Fsp3) is 0.833. The Balaban J connectivity index is 2.93. The van der Waals surface area contributed by atoms with Crippen LogP contribution in [0.4, 0.5) is 0 Å². The molecule has 0 aromatic rings. The topological polar surface area (TPSA) is 80.6 Å². The monoisotopic (exact) mass is 258 g/mol. The molecule has 1 aliphatic rings. The summed E-state index contributed by atoms with van der Waals surface area (Å²) < 4.78 is 16.4. The van der Waals surface area contributed by atoms with Crippen LogP contribution in [0.5, 0.6) is 0 Å². The van der Waals surface area contributed by atoms with Gasteiger partial charge in [-0.05, 0) is 20.8 Å². The standard InChI is InChI=1S/C12H22N2O4/c1-6-10(14-8(3)13)12(18-9(4)15)11(16-5)7(2)17-6/h6-7,10-12H,1-5H3,(H2,13,14)/t6-,7+,10-,11?,12?/m1/s1. The molecule has 1 heterocycles. The van der Waals surface area contributed by atoms with Crippen LogP contribution in [0.15, 0.2) is 0 Å². The van der Waals surface area contributed by atoms with Crippen LogP contribution in [0, 0.1) is 5.41 Å². The van der Waals surface area contributed by atoms with Gasteiger partial charge in [0.1, 0.15) is 6.10 Å². The fourth-order valence-corrected chi connectivity index (χ4v) is 2.35. The van der Waals surface area contributed by atoms with Crippen molar-refractivity contribution >= 4 is 11.8 Å². The number of hydrogen-bond donors (Lipinski definition) is 2. The molecule has 18 heavy (non-hydrogen) atoms. The van der Waals surface area contributed by atoms with E-state index in [0.717, 1.165) is 0 Å². The number of amidine groups is 1. The fourth-order valence-electron chi connectivity index (χ4n) is 2.35. The highest BCUT2D eigenvalue weighted by atomic mass is 16.6. The first kappa shape index (κ1) is 14.9. The lowest BCUT2D eigenvalue weighted by atomic mass is 9.93. The number of ether oxygens (including phenoxy) is 3. The Bertz CT molecular complexity index is 321. The molecule has 5 atom stereocenters. The van der Waals surface area contributed by atoms with E-state index in [1.165, 1.54) is 6.92 Å². The van der Waals surface area contributed by atoms with Crippen molar-refractivity contribution in [1.29, 1.82) is 5.41 Å². The molecule has 0 amide bonds. The van der Waals surface area contributed by atoms with Crippen LogP contribution in [0.1, 0.15) is 27.7 Å². The second-order valence-corrected chi connectivity index (χ2v) is 4.62. The van der Waals surface area contributed by atoms with Gasteiger partial charge in [-0.3, -0.25) is 10.2 Å². The molecule has 1 fully saturated rings. The molecule has 6 nitrogen and oxygen atoms in total. The predicted molar refractivity (Wildman–Crippen MR) is 66.7 cm³/mol. The van der Waals surface area contributed by atoms with Gasteiger partial charge < -0.3 is 19.5 Å². The van der Waals surface area contributed by atoms with Crippen LogP contribution in [-0.2, 0) is 19.0 Å². The van der Waals surface area contributed by atoms with Crippen molar-refractivity contribution in [2.75, 3.05) is 7.11 Å². The van der Waals surface area contributed by atoms with Crippen molar-refractivity contribution in [3.63, 3.8) is 0 Å². The lowest BCUT2D eigenvalue weighted by Crippen LogP contribution is -2.63. The van der Waals surface area contributed by atoms with Gasteiger partial charge in [-0.15, -0.1) is 0 Å². The summed E-state index contributed by atoms with van der Waals surface area (Å²) in [5.41, 5.74) is 0. The number of carbonyl (C=O) groups excluding carboxylic acids is 1. The maximum atomic E-state index is 11.2. The summed E-state index contributed by atoms with van der Waals surface area (Å²) in [5.74, 6) is -0.0604. The average molecular weight is 258 g/mol. The molecule has 0 aromatic heterocycles. The van der Waals surface area contributed by atoms with Crippen molar-refractivity contribution in [2.24, 2.45) is 0 Å². The smallest absolute Gasteiger partial charge is 0.303 e. The Hall–Kier alpha value is -1.14. The number of carbonyl (C=O) groups is 1. The molecule has 1 aliphatic heterocycles. The summed E-state index contributed by atoms with van der Waals surface area (Å²) in [6, 6.07) is -0.285. The third kappa shape index (κ3) is 3.43. The SMILES string of the molecule is COC1C(OC(C)=O)[C@H](NC(C)=N)[C@@H](C)O[C@H]1C. The maximum absolute atomic E-state index is 11.2. The van der Waals surface area contributed by atoms with Crippen molar-refractivity contribution < 1.29 is 19.0 Å². The van der Waals surface area contributed by atoms with E-state index in [9.17, 15) is 4.79 Å². The lowest BCUT2D eigenvalue weighted by molar-refractivity contribution is -0.200. The highest BCUT2D eigenvalue weighted by Gasteiger charge is 2.45. The van der Waals surface area contributed by atoms with E-state index < -0.39 is 6.10 Å². The van der Waals surface area contributed by atoms with Gasteiger partial charge in [0.25, 0.3) is 0 Å². The molecular formula is C12H22N2O4. The largest absolute Gasteiger partial charge is 0.457 e. The summed E-state index contributed by atoms with van der Waals surface area (Å²) in [6.45, 7) is 6.78. The Labute approximate surface area is 107 Å². The molecule has 0 saturated carbocycles. The zero-order valence-corrected chi connectivity index (χ0v) is 11.5. The molecule has 0 radical (unpaired) electrons. The molecule has 104 valence electrons. The number of nitrogens with one attached hydrogen (secondary N) is 2. The third-order valence-electron chi connectivity index (χ3n) is 3.03. The van der Waals surface area contributed by atoms with Crippen LogP contribution in [-0.4, -0.2) is 49.4 Å². The van der Waals surface area contributed by atoms with E-state index in [0.29, 0.717) is 5.84 Å². The summed E-state index contributed by atoms with van der Waals surface area (Å²) in [7, 11) is 1.56. The Morgan fingerprint density at radius 3 is 2.28 bits per heavy atom. The quantitative estimate of drug-likeness (QED) is 0.442. The minimum absolute atomic E-state index is 0.168. The van der Waals surface area contributed by atoms with E-state index in [1.54, 1.807) is 14.0 Å². The van der Waals surface area contributed by atoms with Gasteiger partial charge in [-0.25, -0.2) is 0 Å². The first-order valence-electron chi connectivity index (χ1n) is 6.04. The second-order valence-electron chi connectivity index (χ2n) is 4.62. The minimum atomic E-state index is -0.466. The lowest BCUT2D eigenvalue weighted by Gasteiger charge is -2.44. The number of esters is 1. The van der Waals surface area contributed by atoms with Crippen molar-refractivity contribution in [2.45, 2.75) is 58.2 Å².